The summed E-state index contributed by atoms with van der Waals surface area (Å²) in [5.74, 6) is 0.931. The summed E-state index contributed by atoms with van der Waals surface area (Å²) in [6.07, 6.45) is 4.02. The molecule has 0 atom stereocenters. The number of alkyl halides is 1. The molecule has 1 heterocycles. The number of aromatic nitrogens is 1. The molecule has 1 aromatic heterocycles. The van der Waals surface area contributed by atoms with Gasteiger partial charge in [-0.15, -0.1) is 0 Å². The van der Waals surface area contributed by atoms with Gasteiger partial charge in [0.05, 0.1) is 12.1 Å². The lowest BCUT2D eigenvalue weighted by Gasteiger charge is -2.08. The number of ether oxygens (including phenoxy) is 1. The number of benzene rings is 1. The van der Waals surface area contributed by atoms with Crippen molar-refractivity contribution in [3.63, 3.8) is 0 Å². The van der Waals surface area contributed by atoms with Crippen molar-refractivity contribution in [2.75, 3.05) is 11.9 Å². The largest absolute Gasteiger partial charge is 0.493 e. The molecule has 2 nitrogen and oxygen atoms in total. The van der Waals surface area contributed by atoms with E-state index >= 15 is 0 Å². The fraction of sp³-hybridized carbons (Fsp3) is 0.308. The number of hydrogen-bond donors (Lipinski definition) is 0. The quantitative estimate of drug-likeness (QED) is 0.614. The molecule has 16 heavy (non-hydrogen) atoms. The summed E-state index contributed by atoms with van der Waals surface area (Å²) < 4.78 is 5.76. The predicted molar refractivity (Wildman–Crippen MR) is 70.3 cm³/mol. The maximum atomic E-state index is 5.76. The third-order valence-electron chi connectivity index (χ3n) is 2.39. The zero-order valence-corrected chi connectivity index (χ0v) is 10.6. The average Bonchev–Trinajstić information content (AvgIpc) is 2.35. The fourth-order valence-corrected chi connectivity index (χ4v) is 1.98. The van der Waals surface area contributed by atoms with E-state index in [4.69, 9.17) is 4.74 Å². The van der Waals surface area contributed by atoms with Gasteiger partial charge in [-0.25, -0.2) is 0 Å². The molecule has 0 saturated carbocycles. The highest BCUT2D eigenvalue weighted by molar-refractivity contribution is 9.09. The van der Waals surface area contributed by atoms with Crippen LogP contribution in [0.2, 0.25) is 0 Å². The molecule has 2 rings (SSSR count). The Morgan fingerprint density at radius 1 is 1.12 bits per heavy atom. The van der Waals surface area contributed by atoms with Gasteiger partial charge in [-0.05, 0) is 37.1 Å². The molecule has 84 valence electrons. The number of fused-ring (bicyclic) bond motifs is 1. The standard InChI is InChI=1S/C13H14BrNO/c14-8-1-2-10-16-13-7-3-6-12-11(13)5-4-9-15-12/h3-7,9H,1-2,8,10H2. The van der Waals surface area contributed by atoms with Crippen molar-refractivity contribution in [2.45, 2.75) is 12.8 Å². The highest BCUT2D eigenvalue weighted by atomic mass is 79.9. The molecule has 0 aliphatic rings. The van der Waals surface area contributed by atoms with Crippen molar-refractivity contribution in [3.05, 3.63) is 36.5 Å². The van der Waals surface area contributed by atoms with E-state index in [0.717, 1.165) is 41.4 Å². The van der Waals surface area contributed by atoms with Crippen molar-refractivity contribution < 1.29 is 4.74 Å². The van der Waals surface area contributed by atoms with Crippen molar-refractivity contribution in [1.29, 1.82) is 0 Å². The van der Waals surface area contributed by atoms with Crippen LogP contribution in [0.4, 0.5) is 0 Å². The first-order valence-electron chi connectivity index (χ1n) is 5.44. The molecule has 0 aliphatic carbocycles. The first kappa shape index (κ1) is 11.4. The summed E-state index contributed by atoms with van der Waals surface area (Å²) in [7, 11) is 0. The first-order valence-corrected chi connectivity index (χ1v) is 6.56. The fourth-order valence-electron chi connectivity index (χ4n) is 1.58. The molecule has 1 aromatic carbocycles. The monoisotopic (exact) mass is 279 g/mol. The molecule has 0 radical (unpaired) electrons. The molecular weight excluding hydrogens is 266 g/mol. The van der Waals surface area contributed by atoms with E-state index in [-0.39, 0.29) is 0 Å². The summed E-state index contributed by atoms with van der Waals surface area (Å²) in [6, 6.07) is 9.96. The van der Waals surface area contributed by atoms with Gasteiger partial charge in [0.1, 0.15) is 5.75 Å². The van der Waals surface area contributed by atoms with Crippen LogP contribution in [0.1, 0.15) is 12.8 Å². The number of pyridine rings is 1. The SMILES string of the molecule is BrCCCCOc1cccc2ncccc12. The molecule has 0 bridgehead atoms. The van der Waals surface area contributed by atoms with Crippen LogP contribution in [0.25, 0.3) is 10.9 Å². The Hall–Kier alpha value is -1.09. The van der Waals surface area contributed by atoms with Crippen molar-refractivity contribution in [1.82, 2.24) is 4.98 Å². The summed E-state index contributed by atoms with van der Waals surface area (Å²) in [4.78, 5) is 4.30. The van der Waals surface area contributed by atoms with E-state index < -0.39 is 0 Å². The van der Waals surface area contributed by atoms with Gasteiger partial charge in [-0.3, -0.25) is 4.98 Å². The third-order valence-corrected chi connectivity index (χ3v) is 2.95. The van der Waals surface area contributed by atoms with Gasteiger partial charge in [-0.2, -0.15) is 0 Å². The van der Waals surface area contributed by atoms with Crippen LogP contribution in [0.15, 0.2) is 36.5 Å². The second kappa shape index (κ2) is 5.85. The van der Waals surface area contributed by atoms with Gasteiger partial charge in [0.25, 0.3) is 0 Å². The Balaban J connectivity index is 2.11. The number of halogens is 1. The lowest BCUT2D eigenvalue weighted by atomic mass is 10.2. The topological polar surface area (TPSA) is 22.1 Å². The molecule has 0 fully saturated rings. The molecule has 0 aliphatic heterocycles. The van der Waals surface area contributed by atoms with Gasteiger partial charge >= 0.3 is 0 Å². The van der Waals surface area contributed by atoms with Crippen molar-refractivity contribution in [2.24, 2.45) is 0 Å². The lowest BCUT2D eigenvalue weighted by Crippen LogP contribution is -1.98. The second-order valence-corrected chi connectivity index (χ2v) is 4.36. The van der Waals surface area contributed by atoms with E-state index in [1.54, 1.807) is 6.20 Å². The molecule has 0 spiro atoms. The molecule has 2 aromatic rings. The van der Waals surface area contributed by atoms with Crippen LogP contribution in [0.3, 0.4) is 0 Å². The first-order chi connectivity index (χ1) is 7.92. The van der Waals surface area contributed by atoms with Crippen LogP contribution in [-0.4, -0.2) is 16.9 Å². The minimum Gasteiger partial charge on any atom is -0.493 e. The third kappa shape index (κ3) is 2.73. The summed E-state index contributed by atoms with van der Waals surface area (Å²) in [5, 5.41) is 2.12. The van der Waals surface area contributed by atoms with Crippen LogP contribution in [0.5, 0.6) is 5.75 Å². The second-order valence-electron chi connectivity index (χ2n) is 3.57. The molecule has 0 N–H and O–H groups in total. The van der Waals surface area contributed by atoms with E-state index in [0.29, 0.717) is 0 Å². The van der Waals surface area contributed by atoms with Gasteiger partial charge in [0, 0.05) is 16.9 Å². The highest BCUT2D eigenvalue weighted by Gasteiger charge is 2.01. The van der Waals surface area contributed by atoms with Crippen LogP contribution in [0, 0.1) is 0 Å². The molecule has 0 saturated heterocycles. The van der Waals surface area contributed by atoms with Crippen molar-refractivity contribution >= 4 is 26.8 Å². The summed E-state index contributed by atoms with van der Waals surface area (Å²) in [6.45, 7) is 0.763. The van der Waals surface area contributed by atoms with E-state index in [1.807, 2.05) is 30.3 Å². The normalized spacial score (nSPS) is 10.6. The number of hydrogen-bond acceptors (Lipinski definition) is 2. The predicted octanol–water partition coefficient (Wildman–Crippen LogP) is 3.79. The van der Waals surface area contributed by atoms with Crippen LogP contribution < -0.4 is 4.74 Å². The maximum Gasteiger partial charge on any atom is 0.128 e. The number of rotatable bonds is 5. The lowest BCUT2D eigenvalue weighted by molar-refractivity contribution is 0.313. The van der Waals surface area contributed by atoms with Gasteiger partial charge in [0.2, 0.25) is 0 Å². The number of nitrogens with zero attached hydrogens (tertiary/aromatic N) is 1. The zero-order chi connectivity index (χ0) is 11.2. The minimum absolute atomic E-state index is 0.763. The minimum atomic E-state index is 0.763. The van der Waals surface area contributed by atoms with Gasteiger partial charge in [0.15, 0.2) is 0 Å². The Labute approximate surface area is 104 Å². The van der Waals surface area contributed by atoms with Gasteiger partial charge in [-0.1, -0.05) is 22.0 Å². The maximum absolute atomic E-state index is 5.76. The van der Waals surface area contributed by atoms with Gasteiger partial charge < -0.3 is 4.74 Å². The van der Waals surface area contributed by atoms with Crippen LogP contribution >= 0.6 is 15.9 Å². The zero-order valence-electron chi connectivity index (χ0n) is 9.03. The Kier molecular flexibility index (Phi) is 4.17. The van der Waals surface area contributed by atoms with E-state index in [2.05, 4.69) is 20.9 Å². The molecule has 0 amide bonds. The smallest absolute Gasteiger partial charge is 0.128 e. The average molecular weight is 280 g/mol. The molecule has 0 unspecified atom stereocenters. The summed E-state index contributed by atoms with van der Waals surface area (Å²) >= 11 is 3.41. The molecular formula is C13H14BrNO. The van der Waals surface area contributed by atoms with Crippen LogP contribution in [-0.2, 0) is 0 Å². The molecule has 3 heteroatoms. The Morgan fingerprint density at radius 2 is 2.06 bits per heavy atom. The number of unbranched alkanes of at least 4 members (excludes halogenated alkanes) is 1. The highest BCUT2D eigenvalue weighted by Crippen LogP contribution is 2.23. The Bertz CT molecular complexity index is 453. The van der Waals surface area contributed by atoms with E-state index in [9.17, 15) is 0 Å². The Morgan fingerprint density at radius 3 is 2.94 bits per heavy atom. The van der Waals surface area contributed by atoms with E-state index in [1.165, 1.54) is 0 Å². The van der Waals surface area contributed by atoms with Crippen molar-refractivity contribution in [3.8, 4) is 5.75 Å². The summed E-state index contributed by atoms with van der Waals surface area (Å²) in [5.41, 5.74) is 0.987.